The monoisotopic (exact) mass is 488 g/mol. The molecule has 0 atom stereocenters. The zero-order valence-corrected chi connectivity index (χ0v) is 20.6. The minimum absolute atomic E-state index is 0.0280. The lowest BCUT2D eigenvalue weighted by Crippen LogP contribution is -2.36. The molecule has 36 heavy (non-hydrogen) atoms. The summed E-state index contributed by atoms with van der Waals surface area (Å²) in [5, 5.41) is 2.67. The highest BCUT2D eigenvalue weighted by molar-refractivity contribution is 6.06. The molecule has 8 nitrogen and oxygen atoms in total. The van der Waals surface area contributed by atoms with Crippen molar-refractivity contribution in [2.24, 2.45) is 18.5 Å². The number of amides is 1. The number of fused-ring (bicyclic) bond motifs is 1. The number of nitrogens with zero attached hydrogens (tertiary/aromatic N) is 3. The SMILES string of the molecule is CC#C/C(N)=C(/C=C(\N)c1cc(NC(=O)c2ccc3ncn(C)c3c2)c(F)cc1C)N1CCOCC1. The Balaban J connectivity index is 1.66. The van der Waals surface area contributed by atoms with Gasteiger partial charge >= 0.3 is 0 Å². The first-order chi connectivity index (χ1) is 17.3. The number of nitrogens with one attached hydrogen (secondary N) is 1. The number of imidazole rings is 1. The molecular weight excluding hydrogens is 459 g/mol. The van der Waals surface area contributed by atoms with Crippen molar-refractivity contribution in [1.29, 1.82) is 0 Å². The molecule has 9 heteroatoms. The van der Waals surface area contributed by atoms with E-state index >= 15 is 0 Å². The van der Waals surface area contributed by atoms with E-state index in [0.717, 1.165) is 11.0 Å². The summed E-state index contributed by atoms with van der Waals surface area (Å²) in [5.41, 5.74) is 17.4. The van der Waals surface area contributed by atoms with Crippen LogP contribution in [0.1, 0.15) is 28.4 Å². The number of aryl methyl sites for hydroxylation is 2. The van der Waals surface area contributed by atoms with Crippen LogP contribution in [0.4, 0.5) is 10.1 Å². The number of hydrogen-bond acceptors (Lipinski definition) is 6. The predicted octanol–water partition coefficient (Wildman–Crippen LogP) is 3.10. The Morgan fingerprint density at radius 3 is 2.69 bits per heavy atom. The Morgan fingerprint density at radius 2 is 1.97 bits per heavy atom. The molecule has 0 radical (unpaired) electrons. The third-order valence-electron chi connectivity index (χ3n) is 6.04. The third-order valence-corrected chi connectivity index (χ3v) is 6.04. The maximum atomic E-state index is 14.9. The second kappa shape index (κ2) is 10.5. The molecule has 3 aromatic rings. The highest BCUT2D eigenvalue weighted by Gasteiger charge is 2.18. The van der Waals surface area contributed by atoms with Crippen LogP contribution in [0.3, 0.4) is 0 Å². The maximum absolute atomic E-state index is 14.9. The van der Waals surface area contributed by atoms with Crippen molar-refractivity contribution in [3.05, 3.63) is 76.6 Å². The Labute approximate surface area is 209 Å². The summed E-state index contributed by atoms with van der Waals surface area (Å²) in [6.07, 6.45) is 3.42. The summed E-state index contributed by atoms with van der Waals surface area (Å²) >= 11 is 0. The Morgan fingerprint density at radius 1 is 1.22 bits per heavy atom. The van der Waals surface area contributed by atoms with Gasteiger partial charge < -0.3 is 31.0 Å². The molecule has 1 aromatic heterocycles. The largest absolute Gasteiger partial charge is 0.398 e. The topological polar surface area (TPSA) is 111 Å². The average molecular weight is 489 g/mol. The zero-order valence-electron chi connectivity index (χ0n) is 20.6. The number of carbonyl (C=O) groups excluding carboxylic acids is 1. The molecule has 0 bridgehead atoms. The van der Waals surface area contributed by atoms with Crippen molar-refractivity contribution >= 4 is 28.3 Å². The smallest absolute Gasteiger partial charge is 0.255 e. The standard InChI is InChI=1S/C27H29FN6O2/c1-4-5-21(29)25(34-8-10-36-11-9-34)15-22(30)19-14-24(20(28)12-17(19)2)32-27(35)18-6-7-23-26(13-18)33(3)16-31-23/h6-7,12-16H,8-11,29-30H2,1-3H3,(H,32,35)/b22-15-,25-21+. The maximum Gasteiger partial charge on any atom is 0.255 e. The van der Waals surface area contributed by atoms with Gasteiger partial charge in [-0.05, 0) is 61.7 Å². The van der Waals surface area contributed by atoms with E-state index in [-0.39, 0.29) is 5.69 Å². The van der Waals surface area contributed by atoms with Crippen LogP contribution in [0, 0.1) is 24.6 Å². The van der Waals surface area contributed by atoms with E-state index in [9.17, 15) is 9.18 Å². The number of halogens is 1. The molecule has 5 N–H and O–H groups in total. The van der Waals surface area contributed by atoms with E-state index in [1.165, 1.54) is 12.1 Å². The zero-order chi connectivity index (χ0) is 25.8. The van der Waals surface area contributed by atoms with Gasteiger partial charge in [0.25, 0.3) is 5.91 Å². The highest BCUT2D eigenvalue weighted by Crippen LogP contribution is 2.26. The van der Waals surface area contributed by atoms with Crippen molar-refractivity contribution in [3.8, 4) is 11.8 Å². The lowest BCUT2D eigenvalue weighted by molar-refractivity contribution is 0.0551. The van der Waals surface area contributed by atoms with Crippen molar-refractivity contribution in [3.63, 3.8) is 0 Å². The number of ether oxygens (including phenoxy) is 1. The number of hydrogen-bond donors (Lipinski definition) is 3. The van der Waals surface area contributed by atoms with E-state index in [2.05, 4.69) is 27.0 Å². The van der Waals surface area contributed by atoms with Crippen LogP contribution in [-0.4, -0.2) is 46.7 Å². The lowest BCUT2D eigenvalue weighted by Gasteiger charge is -2.30. The van der Waals surface area contributed by atoms with Crippen LogP contribution in [-0.2, 0) is 11.8 Å². The van der Waals surface area contributed by atoms with E-state index < -0.39 is 11.7 Å². The molecule has 0 aliphatic carbocycles. The number of nitrogens with two attached hydrogens (primary N) is 2. The first-order valence-electron chi connectivity index (χ1n) is 11.5. The van der Waals surface area contributed by atoms with Gasteiger partial charge in [0.15, 0.2) is 0 Å². The predicted molar refractivity (Wildman–Crippen MR) is 139 cm³/mol. The van der Waals surface area contributed by atoms with Gasteiger partial charge in [-0.2, -0.15) is 0 Å². The lowest BCUT2D eigenvalue weighted by atomic mass is 10.0. The second-order valence-electron chi connectivity index (χ2n) is 8.53. The van der Waals surface area contributed by atoms with Crippen molar-refractivity contribution in [2.45, 2.75) is 13.8 Å². The van der Waals surface area contributed by atoms with Crippen molar-refractivity contribution in [2.75, 3.05) is 31.6 Å². The molecule has 2 aromatic carbocycles. The normalized spacial score (nSPS) is 14.8. The molecule has 0 spiro atoms. The van der Waals surface area contributed by atoms with Crippen LogP contribution in [0.25, 0.3) is 16.7 Å². The summed E-state index contributed by atoms with van der Waals surface area (Å²) < 4.78 is 22.1. The highest BCUT2D eigenvalue weighted by atomic mass is 19.1. The number of aromatic nitrogens is 2. The fraction of sp³-hybridized carbons (Fsp3) is 0.259. The fourth-order valence-electron chi connectivity index (χ4n) is 4.11. The summed E-state index contributed by atoms with van der Waals surface area (Å²) in [4.78, 5) is 19.3. The van der Waals surface area contributed by atoms with E-state index in [1.807, 2.05) is 11.6 Å². The number of allylic oxidation sites excluding steroid dienone is 2. The third kappa shape index (κ3) is 5.19. The van der Waals surface area contributed by atoms with Crippen molar-refractivity contribution < 1.29 is 13.9 Å². The van der Waals surface area contributed by atoms with Gasteiger partial charge in [0.1, 0.15) is 11.5 Å². The van der Waals surface area contributed by atoms with Crippen LogP contribution in [0.5, 0.6) is 0 Å². The summed E-state index contributed by atoms with van der Waals surface area (Å²) in [6.45, 7) is 5.91. The van der Waals surface area contributed by atoms with Gasteiger partial charge in [0.05, 0.1) is 42.0 Å². The van der Waals surface area contributed by atoms with Crippen LogP contribution in [0.15, 0.2) is 54.1 Å². The number of benzene rings is 2. The average Bonchev–Trinajstić information content (AvgIpc) is 3.24. The van der Waals surface area contributed by atoms with Crippen LogP contribution in [0.2, 0.25) is 0 Å². The number of anilines is 1. The molecule has 1 saturated heterocycles. The number of carbonyl (C=O) groups is 1. The van der Waals surface area contributed by atoms with Crippen molar-refractivity contribution in [1.82, 2.24) is 14.5 Å². The van der Waals surface area contributed by atoms with Gasteiger partial charge in [0.2, 0.25) is 0 Å². The Hall–Kier alpha value is -4.29. The van der Waals surface area contributed by atoms with E-state index in [4.69, 9.17) is 16.2 Å². The quantitative estimate of drug-likeness (QED) is 0.376. The molecule has 1 amide bonds. The molecule has 2 heterocycles. The molecule has 0 unspecified atom stereocenters. The summed E-state index contributed by atoms with van der Waals surface area (Å²) in [6, 6.07) is 8.02. The van der Waals surface area contributed by atoms with Gasteiger partial charge in [-0.1, -0.05) is 5.92 Å². The fourth-order valence-corrected chi connectivity index (χ4v) is 4.11. The van der Waals surface area contributed by atoms with Crippen LogP contribution >= 0.6 is 0 Å². The van der Waals surface area contributed by atoms with E-state index in [0.29, 0.717) is 60.1 Å². The summed E-state index contributed by atoms with van der Waals surface area (Å²) in [7, 11) is 1.84. The first-order valence-corrected chi connectivity index (χ1v) is 11.5. The summed E-state index contributed by atoms with van der Waals surface area (Å²) in [5.74, 6) is 4.71. The minimum Gasteiger partial charge on any atom is -0.398 e. The van der Waals surface area contributed by atoms with E-state index in [1.54, 1.807) is 44.4 Å². The number of morpholine rings is 1. The molecule has 1 aliphatic heterocycles. The Bertz CT molecular complexity index is 1440. The number of rotatable bonds is 5. The molecule has 1 fully saturated rings. The molecule has 1 aliphatic rings. The Kier molecular flexibility index (Phi) is 7.27. The van der Waals surface area contributed by atoms with Gasteiger partial charge in [-0.25, -0.2) is 9.37 Å². The van der Waals surface area contributed by atoms with Crippen LogP contribution < -0.4 is 16.8 Å². The molecular formula is C27H29FN6O2. The molecule has 186 valence electrons. The van der Waals surface area contributed by atoms with Gasteiger partial charge in [-0.3, -0.25) is 4.79 Å². The molecule has 0 saturated carbocycles. The first kappa shape index (κ1) is 24.8. The second-order valence-corrected chi connectivity index (χ2v) is 8.53. The minimum atomic E-state index is -0.556. The molecule has 4 rings (SSSR count). The van der Waals surface area contributed by atoms with Gasteiger partial charge in [0, 0.05) is 37.0 Å². The van der Waals surface area contributed by atoms with Gasteiger partial charge in [-0.15, -0.1) is 0 Å².